The minimum absolute atomic E-state index is 0.0559. The zero-order valence-electron chi connectivity index (χ0n) is 24.2. The third-order valence-corrected chi connectivity index (χ3v) is 7.27. The molecule has 1 saturated heterocycles. The average Bonchev–Trinajstić information content (AvgIpc) is 3.29. The van der Waals surface area contributed by atoms with Crippen LogP contribution in [0.2, 0.25) is 13.1 Å². The number of carbonyl (C=O) groups is 2. The minimum atomic E-state index is -1.59. The first-order valence-corrected chi connectivity index (χ1v) is 16.0. The number of oxime groups is 1. The number of nitrogens with zero attached hydrogens (tertiary/aromatic N) is 3. The maximum absolute atomic E-state index is 13.2. The molecule has 12 nitrogen and oxygen atoms in total. The van der Waals surface area contributed by atoms with Crippen LogP contribution in [0.15, 0.2) is 53.7 Å². The van der Waals surface area contributed by atoms with Gasteiger partial charge in [-0.1, -0.05) is 38.1 Å². The Bertz CT molecular complexity index is 1230. The zero-order chi connectivity index (χ0) is 30.2. The Kier molecular flexibility index (Phi) is 10.8. The van der Waals surface area contributed by atoms with Gasteiger partial charge < -0.3 is 23.5 Å². The van der Waals surface area contributed by atoms with E-state index in [9.17, 15) is 19.7 Å². The number of rotatable bonds is 11. The lowest BCUT2D eigenvalue weighted by molar-refractivity contribution is -0.384. The van der Waals surface area contributed by atoms with Gasteiger partial charge in [0.2, 0.25) is 6.61 Å². The van der Waals surface area contributed by atoms with E-state index in [1.807, 2.05) is 13.1 Å². The second kappa shape index (κ2) is 14.1. The fourth-order valence-corrected chi connectivity index (χ4v) is 5.08. The fourth-order valence-electron chi connectivity index (χ4n) is 4.18. The molecule has 1 heterocycles. The van der Waals surface area contributed by atoms with Crippen molar-refractivity contribution >= 4 is 32.6 Å². The summed E-state index contributed by atoms with van der Waals surface area (Å²) in [6, 6.07) is 12.9. The molecule has 1 aliphatic heterocycles. The monoisotopic (exact) mass is 587 g/mol. The number of carbonyl (C=O) groups excluding carboxylic acids is 2. The van der Waals surface area contributed by atoms with E-state index in [0.717, 1.165) is 5.56 Å². The Labute approximate surface area is 241 Å². The Hall–Kier alpha value is -3.97. The third kappa shape index (κ3) is 9.01. The fraction of sp³-hybridized carbons (Fsp3) is 0.464. The summed E-state index contributed by atoms with van der Waals surface area (Å²) in [5.74, 6) is 0.177. The van der Waals surface area contributed by atoms with Gasteiger partial charge >= 0.3 is 12.1 Å². The highest BCUT2D eigenvalue weighted by atomic mass is 28.3. The first kappa shape index (κ1) is 31.6. The van der Waals surface area contributed by atoms with Crippen LogP contribution < -0.4 is 4.74 Å². The number of non-ortho nitro benzene ring substituents is 1. The van der Waals surface area contributed by atoms with Crippen LogP contribution in [0, 0.1) is 21.4 Å². The molecule has 0 spiro atoms. The second-order valence-electron chi connectivity index (χ2n) is 10.9. The summed E-state index contributed by atoms with van der Waals surface area (Å²) in [7, 11) is -0.0163. The Balaban J connectivity index is 1.70. The standard InChI is InChI=1S/C28H37N3O9Si/c1-28(2,3)23-15-30(27(33)38-17-19-7-11-21(12-8-19)31(34)35)26(25(23)40-41(5)6)29-39-18-24(32)37-16-20-9-13-22(36-4)14-10-20/h7-14,23,25,41H,15-18H2,1-6H3/b29-26-/t23-,25?/m1/s1. The van der Waals surface area contributed by atoms with Crippen molar-refractivity contribution in [2.75, 3.05) is 20.3 Å². The molecule has 13 heteroatoms. The van der Waals surface area contributed by atoms with Gasteiger partial charge in [0.05, 0.1) is 12.0 Å². The molecule has 1 aliphatic rings. The van der Waals surface area contributed by atoms with Crippen molar-refractivity contribution in [2.45, 2.75) is 53.2 Å². The van der Waals surface area contributed by atoms with E-state index in [-0.39, 0.29) is 42.6 Å². The number of amides is 1. The molecule has 0 N–H and O–H groups in total. The topological polar surface area (TPSA) is 139 Å². The van der Waals surface area contributed by atoms with E-state index < -0.39 is 38.7 Å². The number of hydrogen-bond donors (Lipinski definition) is 0. The number of esters is 1. The molecule has 0 aromatic heterocycles. The van der Waals surface area contributed by atoms with Crippen LogP contribution in [-0.4, -0.2) is 63.1 Å². The summed E-state index contributed by atoms with van der Waals surface area (Å²) in [5, 5.41) is 15.1. The number of nitro benzene ring substituents is 1. The van der Waals surface area contributed by atoms with Gasteiger partial charge in [0, 0.05) is 24.6 Å². The van der Waals surface area contributed by atoms with Gasteiger partial charge in [-0.3, -0.25) is 15.0 Å². The Morgan fingerprint density at radius 1 is 1.02 bits per heavy atom. The number of nitro groups is 1. The molecule has 1 amide bonds. The van der Waals surface area contributed by atoms with Crippen LogP contribution in [0.3, 0.4) is 0 Å². The number of likely N-dealkylation sites (tertiary alicyclic amines) is 1. The average molecular weight is 588 g/mol. The number of benzene rings is 2. The highest BCUT2D eigenvalue weighted by Gasteiger charge is 2.48. The minimum Gasteiger partial charge on any atom is -0.497 e. The van der Waals surface area contributed by atoms with Gasteiger partial charge in [-0.2, -0.15) is 0 Å². The number of amidine groups is 1. The molecule has 1 unspecified atom stereocenters. The van der Waals surface area contributed by atoms with Gasteiger partial charge in [-0.05, 0) is 53.9 Å². The van der Waals surface area contributed by atoms with E-state index in [0.29, 0.717) is 11.3 Å². The molecule has 0 radical (unpaired) electrons. The third-order valence-electron chi connectivity index (χ3n) is 6.44. The molecule has 0 aliphatic carbocycles. The first-order valence-electron chi connectivity index (χ1n) is 13.2. The van der Waals surface area contributed by atoms with Crippen molar-refractivity contribution in [1.82, 2.24) is 4.90 Å². The molecule has 0 saturated carbocycles. The zero-order valence-corrected chi connectivity index (χ0v) is 25.3. The molecule has 3 rings (SSSR count). The molecule has 0 bridgehead atoms. The van der Waals surface area contributed by atoms with Crippen molar-refractivity contribution in [3.63, 3.8) is 0 Å². The predicted molar refractivity (Wildman–Crippen MR) is 153 cm³/mol. The van der Waals surface area contributed by atoms with E-state index in [1.54, 1.807) is 31.4 Å². The van der Waals surface area contributed by atoms with Crippen LogP contribution >= 0.6 is 0 Å². The summed E-state index contributed by atoms with van der Waals surface area (Å²) in [5.41, 5.74) is 1.07. The van der Waals surface area contributed by atoms with Crippen LogP contribution in [0.5, 0.6) is 5.75 Å². The van der Waals surface area contributed by atoms with E-state index >= 15 is 0 Å². The maximum atomic E-state index is 13.2. The summed E-state index contributed by atoms with van der Waals surface area (Å²) in [6.07, 6.45) is -1.21. The number of methoxy groups -OCH3 is 1. The van der Waals surface area contributed by atoms with Crippen molar-refractivity contribution in [2.24, 2.45) is 16.5 Å². The van der Waals surface area contributed by atoms with E-state index in [1.165, 1.54) is 29.2 Å². The van der Waals surface area contributed by atoms with Crippen molar-refractivity contribution in [1.29, 1.82) is 0 Å². The second-order valence-corrected chi connectivity index (χ2v) is 13.3. The van der Waals surface area contributed by atoms with Crippen molar-refractivity contribution in [3.8, 4) is 5.75 Å². The van der Waals surface area contributed by atoms with Gasteiger partial charge in [-0.25, -0.2) is 9.59 Å². The lowest BCUT2D eigenvalue weighted by Gasteiger charge is -2.31. The summed E-state index contributed by atoms with van der Waals surface area (Å²) >= 11 is 0. The summed E-state index contributed by atoms with van der Waals surface area (Å²) < 4.78 is 22.2. The lowest BCUT2D eigenvalue weighted by Crippen LogP contribution is -2.39. The lowest BCUT2D eigenvalue weighted by atomic mass is 9.79. The number of hydrogen-bond acceptors (Lipinski definition) is 10. The van der Waals surface area contributed by atoms with Gasteiger partial charge in [-0.15, -0.1) is 0 Å². The SMILES string of the molecule is COc1ccc(COC(=O)CO/N=C2/C(O[SiH](C)C)[C@H](C(C)(C)C)CN2C(=O)OCc2ccc([N+](=O)[O-])cc2)cc1. The molecule has 2 atom stereocenters. The maximum Gasteiger partial charge on any atom is 0.415 e. The number of ether oxygens (including phenoxy) is 3. The van der Waals surface area contributed by atoms with Crippen LogP contribution in [0.25, 0.3) is 0 Å². The van der Waals surface area contributed by atoms with Crippen LogP contribution in [-0.2, 0) is 36.7 Å². The smallest absolute Gasteiger partial charge is 0.415 e. The van der Waals surface area contributed by atoms with Crippen LogP contribution in [0.4, 0.5) is 10.5 Å². The van der Waals surface area contributed by atoms with Crippen molar-refractivity contribution in [3.05, 3.63) is 69.8 Å². The molecule has 1 fully saturated rings. The highest BCUT2D eigenvalue weighted by Crippen LogP contribution is 2.37. The summed E-state index contributed by atoms with van der Waals surface area (Å²) in [4.78, 5) is 42.7. The molecule has 2 aromatic rings. The molecule has 41 heavy (non-hydrogen) atoms. The van der Waals surface area contributed by atoms with Crippen molar-refractivity contribution < 1.29 is 38.0 Å². The van der Waals surface area contributed by atoms with E-state index in [2.05, 4.69) is 25.9 Å². The van der Waals surface area contributed by atoms with E-state index in [4.69, 9.17) is 23.5 Å². The normalized spacial score (nSPS) is 17.9. The van der Waals surface area contributed by atoms with Gasteiger partial charge in [0.15, 0.2) is 14.9 Å². The quantitative estimate of drug-likeness (QED) is 0.159. The largest absolute Gasteiger partial charge is 0.497 e. The molecule has 222 valence electrons. The Morgan fingerprint density at radius 2 is 1.61 bits per heavy atom. The molecular weight excluding hydrogens is 550 g/mol. The predicted octanol–water partition coefficient (Wildman–Crippen LogP) is 4.66. The highest BCUT2D eigenvalue weighted by molar-refractivity contribution is 6.48. The first-order chi connectivity index (χ1) is 19.4. The van der Waals surface area contributed by atoms with Crippen LogP contribution in [0.1, 0.15) is 31.9 Å². The summed E-state index contributed by atoms with van der Waals surface area (Å²) in [6.45, 7) is 9.97. The molecule has 2 aromatic carbocycles. The molecular formula is C28H37N3O9Si. The van der Waals surface area contributed by atoms with Gasteiger partial charge in [0.1, 0.15) is 25.1 Å². The Morgan fingerprint density at radius 3 is 2.15 bits per heavy atom. The van der Waals surface area contributed by atoms with Gasteiger partial charge in [0.25, 0.3) is 5.69 Å².